The van der Waals surface area contributed by atoms with Gasteiger partial charge in [-0.05, 0) is 61.5 Å². The zero-order valence-electron chi connectivity index (χ0n) is 16.4. The Balaban J connectivity index is 1.92. The highest BCUT2D eigenvalue weighted by atomic mass is 14.7. The maximum atomic E-state index is 4.32. The first-order valence-corrected chi connectivity index (χ1v) is 9.83. The molecule has 0 heterocycles. The predicted molar refractivity (Wildman–Crippen MR) is 127 cm³/mol. The molecule has 1 aliphatic carbocycles. The van der Waals surface area contributed by atoms with Crippen LogP contribution in [0.15, 0.2) is 114 Å². The molecule has 1 aliphatic rings. The normalized spacial score (nSPS) is 15.3. The maximum absolute atomic E-state index is 4.32. The molecule has 29 heavy (non-hydrogen) atoms. The Morgan fingerprint density at radius 3 is 1.66 bits per heavy atom. The molecule has 0 saturated heterocycles. The van der Waals surface area contributed by atoms with Gasteiger partial charge in [0, 0.05) is 7.05 Å². The van der Waals surface area contributed by atoms with Gasteiger partial charge in [0.15, 0.2) is 0 Å². The molecule has 0 aromatic heterocycles. The third-order valence-electron chi connectivity index (χ3n) is 5.60. The molecule has 1 nitrogen and oxygen atoms in total. The van der Waals surface area contributed by atoms with E-state index >= 15 is 0 Å². The molecule has 0 fully saturated rings. The van der Waals surface area contributed by atoms with Crippen molar-refractivity contribution in [2.75, 3.05) is 7.05 Å². The van der Waals surface area contributed by atoms with Crippen LogP contribution in [0.5, 0.6) is 0 Å². The highest BCUT2D eigenvalue weighted by molar-refractivity contribution is 6.22. The highest BCUT2D eigenvalue weighted by Crippen LogP contribution is 2.42. The number of aliphatic imine (C=N–C) groups is 1. The molecular formula is C28H21N. The van der Waals surface area contributed by atoms with Gasteiger partial charge in [-0.25, -0.2) is 0 Å². The molecule has 0 radical (unpaired) electrons. The third-order valence-corrected chi connectivity index (χ3v) is 5.60. The summed E-state index contributed by atoms with van der Waals surface area (Å²) >= 11 is 0. The van der Waals surface area contributed by atoms with Crippen molar-refractivity contribution >= 4 is 32.8 Å². The number of allylic oxidation sites excluding steroid dienone is 5. The van der Waals surface area contributed by atoms with E-state index in [1.807, 2.05) is 7.05 Å². The summed E-state index contributed by atoms with van der Waals surface area (Å²) in [5.41, 5.74) is 6.84. The Morgan fingerprint density at radius 1 is 0.621 bits per heavy atom. The van der Waals surface area contributed by atoms with E-state index in [9.17, 15) is 0 Å². The number of hydrogen-bond donors (Lipinski definition) is 0. The zero-order valence-corrected chi connectivity index (χ0v) is 16.4. The molecule has 0 N–H and O–H groups in total. The molecule has 0 atom stereocenters. The van der Waals surface area contributed by atoms with Crippen LogP contribution in [0.2, 0.25) is 0 Å². The summed E-state index contributed by atoms with van der Waals surface area (Å²) in [5.74, 6) is 0. The summed E-state index contributed by atoms with van der Waals surface area (Å²) in [4.78, 5) is 4.32. The molecule has 4 aromatic carbocycles. The SMILES string of the molecule is C=C1C=C(c2c3ccccc3c(-c3ccccc3)c3ccccc23)C=CC1=NC. The first-order valence-electron chi connectivity index (χ1n) is 9.83. The highest BCUT2D eigenvalue weighted by Gasteiger charge is 2.18. The molecule has 0 unspecified atom stereocenters. The van der Waals surface area contributed by atoms with Crippen LogP contribution >= 0.6 is 0 Å². The largest absolute Gasteiger partial charge is 0.288 e. The average molecular weight is 371 g/mol. The zero-order chi connectivity index (χ0) is 19.8. The van der Waals surface area contributed by atoms with Crippen molar-refractivity contribution in [2.24, 2.45) is 4.99 Å². The Labute approximate surface area is 171 Å². The molecule has 5 rings (SSSR count). The van der Waals surface area contributed by atoms with Crippen LogP contribution in [0.25, 0.3) is 38.2 Å². The Morgan fingerprint density at radius 2 is 1.14 bits per heavy atom. The van der Waals surface area contributed by atoms with E-state index in [1.54, 1.807) is 0 Å². The van der Waals surface area contributed by atoms with Gasteiger partial charge in [0.05, 0.1) is 5.71 Å². The Bertz CT molecular complexity index is 1290. The summed E-state index contributed by atoms with van der Waals surface area (Å²) in [6.07, 6.45) is 6.37. The van der Waals surface area contributed by atoms with Crippen molar-refractivity contribution in [1.29, 1.82) is 0 Å². The molecule has 0 aliphatic heterocycles. The van der Waals surface area contributed by atoms with Gasteiger partial charge in [0.2, 0.25) is 0 Å². The maximum Gasteiger partial charge on any atom is 0.0637 e. The van der Waals surface area contributed by atoms with Crippen LogP contribution in [0.1, 0.15) is 5.56 Å². The standard InChI is InChI=1S/C28H21N/c1-19-18-21(16-17-26(19)29-2)28-24-14-8-6-12-22(24)27(20-10-4-3-5-11-20)23-13-7-9-15-25(23)28/h3-18H,1H2,2H3. The summed E-state index contributed by atoms with van der Waals surface area (Å²) in [5, 5.41) is 5.04. The van der Waals surface area contributed by atoms with E-state index in [1.165, 1.54) is 43.8 Å². The smallest absolute Gasteiger partial charge is 0.0637 e. The first-order chi connectivity index (χ1) is 14.3. The quantitative estimate of drug-likeness (QED) is 0.329. The molecule has 138 valence electrons. The summed E-state index contributed by atoms with van der Waals surface area (Å²) < 4.78 is 0. The second-order valence-corrected chi connectivity index (χ2v) is 7.27. The summed E-state index contributed by atoms with van der Waals surface area (Å²) in [6, 6.07) is 28.1. The van der Waals surface area contributed by atoms with Crippen molar-refractivity contribution in [2.45, 2.75) is 0 Å². The van der Waals surface area contributed by atoms with E-state index in [0.29, 0.717) is 0 Å². The van der Waals surface area contributed by atoms with Crippen LogP contribution in [-0.2, 0) is 0 Å². The monoisotopic (exact) mass is 371 g/mol. The van der Waals surface area contributed by atoms with Gasteiger partial charge in [-0.15, -0.1) is 0 Å². The van der Waals surface area contributed by atoms with Gasteiger partial charge in [-0.1, -0.05) is 91.5 Å². The first kappa shape index (κ1) is 17.4. The lowest BCUT2D eigenvalue weighted by Gasteiger charge is -2.19. The molecule has 0 amide bonds. The van der Waals surface area contributed by atoms with Gasteiger partial charge >= 0.3 is 0 Å². The lowest BCUT2D eigenvalue weighted by atomic mass is 9.84. The average Bonchev–Trinajstić information content (AvgIpc) is 2.78. The summed E-state index contributed by atoms with van der Waals surface area (Å²) in [6.45, 7) is 4.21. The van der Waals surface area contributed by atoms with E-state index in [4.69, 9.17) is 0 Å². The lowest BCUT2D eigenvalue weighted by Crippen LogP contribution is -2.02. The minimum absolute atomic E-state index is 0.934. The van der Waals surface area contributed by atoms with Crippen LogP contribution in [0, 0.1) is 0 Å². The topological polar surface area (TPSA) is 12.4 Å². The fourth-order valence-corrected chi connectivity index (χ4v) is 4.31. The van der Waals surface area contributed by atoms with Crippen LogP contribution < -0.4 is 0 Å². The number of fused-ring (bicyclic) bond motifs is 2. The van der Waals surface area contributed by atoms with E-state index in [-0.39, 0.29) is 0 Å². The second kappa shape index (κ2) is 7.03. The van der Waals surface area contributed by atoms with Crippen molar-refractivity contribution in [3.05, 3.63) is 115 Å². The fraction of sp³-hybridized carbons (Fsp3) is 0.0357. The van der Waals surface area contributed by atoms with Crippen LogP contribution in [0.4, 0.5) is 0 Å². The molecule has 4 aromatic rings. The van der Waals surface area contributed by atoms with Crippen molar-refractivity contribution in [3.8, 4) is 11.1 Å². The number of nitrogens with zero attached hydrogens (tertiary/aromatic N) is 1. The lowest BCUT2D eigenvalue weighted by molar-refractivity contribution is 1.44. The van der Waals surface area contributed by atoms with Crippen molar-refractivity contribution in [3.63, 3.8) is 0 Å². The van der Waals surface area contributed by atoms with Crippen molar-refractivity contribution < 1.29 is 0 Å². The van der Waals surface area contributed by atoms with E-state index in [0.717, 1.165) is 11.3 Å². The molecule has 0 saturated carbocycles. The molecular weight excluding hydrogens is 350 g/mol. The van der Waals surface area contributed by atoms with Crippen molar-refractivity contribution in [1.82, 2.24) is 0 Å². The minimum Gasteiger partial charge on any atom is -0.288 e. The van der Waals surface area contributed by atoms with E-state index < -0.39 is 0 Å². The number of benzene rings is 4. The Kier molecular flexibility index (Phi) is 4.22. The molecule has 0 bridgehead atoms. The summed E-state index contributed by atoms with van der Waals surface area (Å²) in [7, 11) is 1.81. The number of hydrogen-bond acceptors (Lipinski definition) is 1. The minimum atomic E-state index is 0.934. The van der Waals surface area contributed by atoms with Gasteiger partial charge < -0.3 is 0 Å². The fourth-order valence-electron chi connectivity index (χ4n) is 4.31. The Hall–Kier alpha value is -3.71. The van der Waals surface area contributed by atoms with E-state index in [2.05, 4.69) is 109 Å². The van der Waals surface area contributed by atoms with Crippen LogP contribution in [0.3, 0.4) is 0 Å². The van der Waals surface area contributed by atoms with Gasteiger partial charge in [0.25, 0.3) is 0 Å². The third kappa shape index (κ3) is 2.83. The van der Waals surface area contributed by atoms with Crippen LogP contribution in [-0.4, -0.2) is 12.8 Å². The molecule has 0 spiro atoms. The molecule has 1 heteroatoms. The second-order valence-electron chi connectivity index (χ2n) is 7.27. The number of rotatable bonds is 2. The van der Waals surface area contributed by atoms with Gasteiger partial charge in [0.1, 0.15) is 0 Å². The predicted octanol–water partition coefficient (Wildman–Crippen LogP) is 7.24. The van der Waals surface area contributed by atoms with Gasteiger partial charge in [-0.2, -0.15) is 0 Å². The van der Waals surface area contributed by atoms with Gasteiger partial charge in [-0.3, -0.25) is 4.99 Å².